The number of amides is 2. The monoisotopic (exact) mass is 349 g/mol. The summed E-state index contributed by atoms with van der Waals surface area (Å²) in [6, 6.07) is 19.0. The fourth-order valence-electron chi connectivity index (χ4n) is 2.43. The summed E-state index contributed by atoms with van der Waals surface area (Å²) in [5.74, 6) is -0.188. The summed E-state index contributed by atoms with van der Waals surface area (Å²) in [6.45, 7) is 2.20. The first-order valence-electron chi connectivity index (χ1n) is 8.32. The Morgan fingerprint density at radius 2 is 1.62 bits per heavy atom. The van der Waals surface area contributed by atoms with Crippen LogP contribution in [0.15, 0.2) is 60.7 Å². The average Bonchev–Trinajstić information content (AvgIpc) is 3.13. The van der Waals surface area contributed by atoms with E-state index in [2.05, 4.69) is 20.7 Å². The molecule has 0 bridgehead atoms. The Morgan fingerprint density at radius 3 is 2.27 bits per heavy atom. The zero-order valence-electron chi connectivity index (χ0n) is 14.3. The Bertz CT molecular complexity index is 834. The Kier molecular flexibility index (Phi) is 5.38. The van der Waals surface area contributed by atoms with Crippen LogP contribution >= 0.6 is 0 Å². The first-order chi connectivity index (χ1) is 12.7. The molecule has 7 nitrogen and oxygen atoms in total. The van der Waals surface area contributed by atoms with Gasteiger partial charge in [0.05, 0.1) is 12.2 Å². The quantitative estimate of drug-likeness (QED) is 0.710. The topological polar surface area (TPSA) is 88.9 Å². The second kappa shape index (κ2) is 8.06. The largest absolute Gasteiger partial charge is 0.355 e. The number of hydrogen-bond acceptors (Lipinski definition) is 4. The normalized spacial score (nSPS) is 10.3. The molecule has 132 valence electrons. The number of aromatic nitrogens is 3. The van der Waals surface area contributed by atoms with Gasteiger partial charge in [0.1, 0.15) is 0 Å². The summed E-state index contributed by atoms with van der Waals surface area (Å²) in [6.07, 6.45) is 0. The molecule has 2 aromatic carbocycles. The highest BCUT2D eigenvalue weighted by Gasteiger charge is 2.19. The summed E-state index contributed by atoms with van der Waals surface area (Å²) in [4.78, 5) is 28.3. The van der Waals surface area contributed by atoms with Crippen molar-refractivity contribution in [1.82, 2.24) is 25.4 Å². The van der Waals surface area contributed by atoms with Crippen molar-refractivity contribution in [2.45, 2.75) is 6.92 Å². The predicted octanol–water partition coefficient (Wildman–Crippen LogP) is 1.80. The van der Waals surface area contributed by atoms with Gasteiger partial charge in [0.15, 0.2) is 5.82 Å². The molecule has 0 spiro atoms. The summed E-state index contributed by atoms with van der Waals surface area (Å²) in [5.41, 5.74) is 1.63. The van der Waals surface area contributed by atoms with Crippen LogP contribution in [-0.2, 0) is 4.79 Å². The van der Waals surface area contributed by atoms with Crippen molar-refractivity contribution in [3.8, 4) is 17.1 Å². The molecule has 2 amide bonds. The van der Waals surface area contributed by atoms with E-state index < -0.39 is 5.91 Å². The van der Waals surface area contributed by atoms with Gasteiger partial charge in [-0.2, -0.15) is 0 Å². The number of nitrogens with zero attached hydrogens (tertiary/aromatic N) is 3. The molecule has 1 heterocycles. The zero-order chi connectivity index (χ0) is 18.4. The SMILES string of the molecule is CCNC(=O)CNC(=O)c1nc(-c2ccccc2)n(-c2ccccc2)n1. The van der Waals surface area contributed by atoms with E-state index >= 15 is 0 Å². The van der Waals surface area contributed by atoms with Crippen molar-refractivity contribution in [3.63, 3.8) is 0 Å². The smallest absolute Gasteiger partial charge is 0.291 e. The lowest BCUT2D eigenvalue weighted by molar-refractivity contribution is -0.120. The summed E-state index contributed by atoms with van der Waals surface area (Å²) in [5, 5.41) is 9.50. The number of benzene rings is 2. The first kappa shape index (κ1) is 17.3. The Morgan fingerprint density at radius 1 is 0.962 bits per heavy atom. The van der Waals surface area contributed by atoms with E-state index in [9.17, 15) is 9.59 Å². The molecule has 0 aliphatic rings. The third kappa shape index (κ3) is 3.94. The van der Waals surface area contributed by atoms with Crippen LogP contribution < -0.4 is 10.6 Å². The predicted molar refractivity (Wildman–Crippen MR) is 97.8 cm³/mol. The van der Waals surface area contributed by atoms with Crippen LogP contribution in [0.5, 0.6) is 0 Å². The second-order valence-corrected chi connectivity index (χ2v) is 5.51. The van der Waals surface area contributed by atoms with Crippen molar-refractivity contribution < 1.29 is 9.59 Å². The minimum atomic E-state index is -0.497. The van der Waals surface area contributed by atoms with Crippen LogP contribution in [0, 0.1) is 0 Å². The van der Waals surface area contributed by atoms with E-state index in [-0.39, 0.29) is 18.3 Å². The van der Waals surface area contributed by atoms with Crippen LogP contribution in [0.25, 0.3) is 17.1 Å². The fraction of sp³-hybridized carbons (Fsp3) is 0.158. The number of hydrogen-bond donors (Lipinski definition) is 2. The Balaban J connectivity index is 1.92. The minimum Gasteiger partial charge on any atom is -0.355 e. The van der Waals surface area contributed by atoms with Gasteiger partial charge < -0.3 is 10.6 Å². The van der Waals surface area contributed by atoms with Crippen LogP contribution in [0.4, 0.5) is 0 Å². The average molecular weight is 349 g/mol. The molecule has 0 saturated heterocycles. The van der Waals surface area contributed by atoms with Crippen molar-refractivity contribution in [3.05, 3.63) is 66.5 Å². The fourth-order valence-corrected chi connectivity index (χ4v) is 2.43. The van der Waals surface area contributed by atoms with Crippen molar-refractivity contribution >= 4 is 11.8 Å². The van der Waals surface area contributed by atoms with Gasteiger partial charge in [0.2, 0.25) is 11.7 Å². The number of likely N-dealkylation sites (N-methyl/N-ethyl adjacent to an activating group) is 1. The van der Waals surface area contributed by atoms with E-state index in [1.165, 1.54) is 0 Å². The number of para-hydroxylation sites is 1. The lowest BCUT2D eigenvalue weighted by Gasteiger charge is -2.05. The molecule has 2 N–H and O–H groups in total. The van der Waals surface area contributed by atoms with Crippen LogP contribution in [-0.4, -0.2) is 39.7 Å². The third-order valence-corrected chi connectivity index (χ3v) is 3.63. The molecule has 0 radical (unpaired) electrons. The molecule has 7 heteroatoms. The second-order valence-electron chi connectivity index (χ2n) is 5.51. The maximum Gasteiger partial charge on any atom is 0.291 e. The molecule has 0 aliphatic carbocycles. The van der Waals surface area contributed by atoms with Crippen LogP contribution in [0.2, 0.25) is 0 Å². The molecule has 26 heavy (non-hydrogen) atoms. The Labute approximate surface area is 151 Å². The Hall–Kier alpha value is -3.48. The summed E-state index contributed by atoms with van der Waals surface area (Å²) in [7, 11) is 0. The first-order valence-corrected chi connectivity index (χ1v) is 8.32. The highest BCUT2D eigenvalue weighted by atomic mass is 16.2. The van der Waals surface area contributed by atoms with E-state index in [0.29, 0.717) is 12.4 Å². The molecule has 0 unspecified atom stereocenters. The summed E-state index contributed by atoms with van der Waals surface area (Å²) < 4.78 is 1.62. The van der Waals surface area contributed by atoms with Gasteiger partial charge in [0, 0.05) is 12.1 Å². The van der Waals surface area contributed by atoms with Crippen molar-refractivity contribution in [2.24, 2.45) is 0 Å². The molecule has 0 fully saturated rings. The summed E-state index contributed by atoms with van der Waals surface area (Å²) >= 11 is 0. The third-order valence-electron chi connectivity index (χ3n) is 3.63. The zero-order valence-corrected chi connectivity index (χ0v) is 14.3. The molecular formula is C19H19N5O2. The molecule has 1 aromatic heterocycles. The van der Waals surface area contributed by atoms with Gasteiger partial charge in [-0.1, -0.05) is 48.5 Å². The van der Waals surface area contributed by atoms with E-state index in [1.807, 2.05) is 67.6 Å². The van der Waals surface area contributed by atoms with Gasteiger partial charge in [0.25, 0.3) is 5.91 Å². The number of carbonyl (C=O) groups is 2. The van der Waals surface area contributed by atoms with Gasteiger partial charge in [-0.05, 0) is 19.1 Å². The molecular weight excluding hydrogens is 330 g/mol. The van der Waals surface area contributed by atoms with E-state index in [4.69, 9.17) is 0 Å². The van der Waals surface area contributed by atoms with Crippen LogP contribution in [0.1, 0.15) is 17.5 Å². The highest BCUT2D eigenvalue weighted by Crippen LogP contribution is 2.20. The number of nitrogens with one attached hydrogen (secondary N) is 2. The van der Waals surface area contributed by atoms with Crippen molar-refractivity contribution in [1.29, 1.82) is 0 Å². The van der Waals surface area contributed by atoms with Gasteiger partial charge in [-0.15, -0.1) is 5.10 Å². The van der Waals surface area contributed by atoms with Gasteiger partial charge in [-0.25, -0.2) is 9.67 Å². The lowest BCUT2D eigenvalue weighted by Crippen LogP contribution is -2.37. The van der Waals surface area contributed by atoms with Gasteiger partial charge in [-0.3, -0.25) is 9.59 Å². The van der Waals surface area contributed by atoms with E-state index in [0.717, 1.165) is 11.3 Å². The molecule has 0 saturated carbocycles. The molecule has 3 rings (SSSR count). The minimum absolute atomic E-state index is 0.0111. The highest BCUT2D eigenvalue weighted by molar-refractivity contribution is 5.93. The number of carbonyl (C=O) groups excluding carboxylic acids is 2. The lowest BCUT2D eigenvalue weighted by atomic mass is 10.2. The van der Waals surface area contributed by atoms with Crippen molar-refractivity contribution in [2.75, 3.05) is 13.1 Å². The number of rotatable bonds is 6. The van der Waals surface area contributed by atoms with E-state index in [1.54, 1.807) is 4.68 Å². The maximum atomic E-state index is 12.4. The van der Waals surface area contributed by atoms with Crippen LogP contribution in [0.3, 0.4) is 0 Å². The molecule has 0 aliphatic heterocycles. The van der Waals surface area contributed by atoms with Gasteiger partial charge >= 0.3 is 0 Å². The molecule has 0 atom stereocenters. The molecule has 3 aromatic rings. The standard InChI is InChI=1S/C19H19N5O2/c1-2-20-16(25)13-21-19(26)17-22-18(14-9-5-3-6-10-14)24(23-17)15-11-7-4-8-12-15/h3-12H,2,13H2,1H3,(H,20,25)(H,21,26). The maximum absolute atomic E-state index is 12.4.